The summed E-state index contributed by atoms with van der Waals surface area (Å²) in [5.74, 6) is -1.57. The van der Waals surface area contributed by atoms with Gasteiger partial charge < -0.3 is 15.4 Å². The average Bonchev–Trinajstić information content (AvgIpc) is 2.57. The predicted molar refractivity (Wildman–Crippen MR) is 92.7 cm³/mol. The van der Waals surface area contributed by atoms with Gasteiger partial charge in [0.2, 0.25) is 11.8 Å². The quantitative estimate of drug-likeness (QED) is 0.670. The van der Waals surface area contributed by atoms with Crippen LogP contribution in [0.4, 0.5) is 18.9 Å². The molecule has 0 bridgehead atoms. The summed E-state index contributed by atoms with van der Waals surface area (Å²) in [5, 5.41) is 4.82. The first-order valence-electron chi connectivity index (χ1n) is 8.37. The number of rotatable bonds is 8. The number of esters is 1. The Morgan fingerprint density at radius 3 is 2.30 bits per heavy atom. The Bertz CT molecular complexity index is 675. The molecule has 0 aliphatic heterocycles. The molecule has 0 aliphatic carbocycles. The maximum Gasteiger partial charge on any atom is 0.416 e. The van der Waals surface area contributed by atoms with Crippen LogP contribution in [0.3, 0.4) is 0 Å². The van der Waals surface area contributed by atoms with E-state index in [1.807, 2.05) is 13.8 Å². The molecule has 0 fully saturated rings. The number of alkyl halides is 3. The van der Waals surface area contributed by atoms with Gasteiger partial charge in [-0.2, -0.15) is 13.2 Å². The second-order valence-electron chi connectivity index (χ2n) is 6.40. The molecule has 6 nitrogen and oxygen atoms in total. The molecule has 0 heterocycles. The topological polar surface area (TPSA) is 84.5 Å². The molecule has 2 N–H and O–H groups in total. The van der Waals surface area contributed by atoms with Gasteiger partial charge in [-0.25, -0.2) is 4.79 Å². The fourth-order valence-electron chi connectivity index (χ4n) is 2.32. The molecule has 27 heavy (non-hydrogen) atoms. The zero-order chi connectivity index (χ0) is 20.6. The number of amides is 2. The van der Waals surface area contributed by atoms with Crippen molar-refractivity contribution < 1.29 is 32.3 Å². The third-order valence-corrected chi connectivity index (χ3v) is 3.58. The zero-order valence-corrected chi connectivity index (χ0v) is 15.4. The summed E-state index contributed by atoms with van der Waals surface area (Å²) in [6.07, 6.45) is -4.58. The Kier molecular flexibility index (Phi) is 8.27. The number of ether oxygens (including phenoxy) is 1. The molecule has 1 unspecified atom stereocenters. The van der Waals surface area contributed by atoms with Crippen molar-refractivity contribution in [2.24, 2.45) is 5.92 Å². The number of carbonyl (C=O) groups is 3. The number of hydrogen-bond acceptors (Lipinski definition) is 4. The monoisotopic (exact) mass is 388 g/mol. The average molecular weight is 388 g/mol. The lowest BCUT2D eigenvalue weighted by Gasteiger charge is -2.18. The number of anilines is 1. The Balaban J connectivity index is 2.56. The van der Waals surface area contributed by atoms with E-state index in [0.29, 0.717) is 6.42 Å². The Morgan fingerprint density at radius 2 is 1.74 bits per heavy atom. The van der Waals surface area contributed by atoms with Crippen molar-refractivity contribution in [2.45, 2.75) is 45.3 Å². The summed E-state index contributed by atoms with van der Waals surface area (Å²) >= 11 is 0. The molecule has 1 atom stereocenters. The zero-order valence-electron chi connectivity index (χ0n) is 15.4. The molecule has 0 aromatic heterocycles. The molecule has 0 spiro atoms. The van der Waals surface area contributed by atoms with Gasteiger partial charge in [0, 0.05) is 18.5 Å². The summed E-state index contributed by atoms with van der Waals surface area (Å²) in [6, 6.07) is 3.40. The lowest BCUT2D eigenvalue weighted by molar-refractivity contribution is -0.145. The van der Waals surface area contributed by atoms with Crippen LogP contribution >= 0.6 is 0 Å². The van der Waals surface area contributed by atoms with Gasteiger partial charge in [-0.05, 0) is 30.5 Å². The molecule has 0 saturated heterocycles. The van der Waals surface area contributed by atoms with E-state index in [1.165, 1.54) is 19.2 Å². The largest absolute Gasteiger partial charge is 0.467 e. The summed E-state index contributed by atoms with van der Waals surface area (Å²) in [5.41, 5.74) is -0.893. The van der Waals surface area contributed by atoms with E-state index in [2.05, 4.69) is 15.4 Å². The summed E-state index contributed by atoms with van der Waals surface area (Å²) in [7, 11) is 1.21. The van der Waals surface area contributed by atoms with E-state index >= 15 is 0 Å². The van der Waals surface area contributed by atoms with Crippen molar-refractivity contribution in [1.29, 1.82) is 0 Å². The minimum Gasteiger partial charge on any atom is -0.467 e. The Morgan fingerprint density at radius 1 is 1.11 bits per heavy atom. The summed E-state index contributed by atoms with van der Waals surface area (Å²) < 4.78 is 42.6. The second-order valence-corrected chi connectivity index (χ2v) is 6.40. The van der Waals surface area contributed by atoms with Crippen LogP contribution in [-0.2, 0) is 25.3 Å². The van der Waals surface area contributed by atoms with Gasteiger partial charge in [-0.15, -0.1) is 0 Å². The van der Waals surface area contributed by atoms with E-state index in [1.54, 1.807) is 0 Å². The molecule has 0 saturated carbocycles. The normalized spacial score (nSPS) is 12.4. The van der Waals surface area contributed by atoms with Gasteiger partial charge in [0.15, 0.2) is 0 Å². The van der Waals surface area contributed by atoms with Crippen molar-refractivity contribution in [3.63, 3.8) is 0 Å². The first-order valence-corrected chi connectivity index (χ1v) is 8.37. The van der Waals surface area contributed by atoms with Gasteiger partial charge >= 0.3 is 12.1 Å². The molecular weight excluding hydrogens is 365 g/mol. The Hall–Kier alpha value is -2.58. The van der Waals surface area contributed by atoms with Crippen LogP contribution in [0, 0.1) is 5.92 Å². The van der Waals surface area contributed by atoms with Crippen molar-refractivity contribution in [3.8, 4) is 0 Å². The first kappa shape index (κ1) is 22.5. The summed E-state index contributed by atoms with van der Waals surface area (Å²) in [4.78, 5) is 35.5. The highest BCUT2D eigenvalue weighted by atomic mass is 19.4. The van der Waals surface area contributed by atoms with Crippen molar-refractivity contribution >= 4 is 23.5 Å². The fraction of sp³-hybridized carbons (Fsp3) is 0.500. The minimum absolute atomic E-state index is 0.0116. The number of benzene rings is 1. The highest BCUT2D eigenvalue weighted by molar-refractivity contribution is 5.94. The smallest absolute Gasteiger partial charge is 0.416 e. The van der Waals surface area contributed by atoms with Crippen LogP contribution in [0.5, 0.6) is 0 Å². The van der Waals surface area contributed by atoms with E-state index < -0.39 is 35.6 Å². The third-order valence-electron chi connectivity index (χ3n) is 3.58. The van der Waals surface area contributed by atoms with Crippen molar-refractivity contribution in [3.05, 3.63) is 29.8 Å². The SMILES string of the molecule is COC(=O)C(CC(C)C)NC(=O)CCC(=O)Nc1cccc(C(F)(F)F)c1. The number of carbonyl (C=O) groups excluding carboxylic acids is 3. The van der Waals surface area contributed by atoms with Gasteiger partial charge in [-0.3, -0.25) is 9.59 Å². The molecule has 150 valence electrons. The van der Waals surface area contributed by atoms with Crippen LogP contribution in [-0.4, -0.2) is 30.9 Å². The van der Waals surface area contributed by atoms with E-state index in [0.717, 1.165) is 12.1 Å². The fourth-order valence-corrected chi connectivity index (χ4v) is 2.32. The highest BCUT2D eigenvalue weighted by Crippen LogP contribution is 2.30. The third kappa shape index (κ3) is 8.10. The molecular formula is C18H23F3N2O4. The summed E-state index contributed by atoms with van der Waals surface area (Å²) in [6.45, 7) is 3.76. The van der Waals surface area contributed by atoms with E-state index in [-0.39, 0.29) is 24.4 Å². The predicted octanol–water partition coefficient (Wildman–Crippen LogP) is 3.13. The van der Waals surface area contributed by atoms with Crippen LogP contribution < -0.4 is 10.6 Å². The maximum absolute atomic E-state index is 12.7. The molecule has 9 heteroatoms. The van der Waals surface area contributed by atoms with Gasteiger partial charge in [0.1, 0.15) is 6.04 Å². The number of nitrogens with one attached hydrogen (secondary N) is 2. The van der Waals surface area contributed by atoms with Gasteiger partial charge in [0.05, 0.1) is 12.7 Å². The lowest BCUT2D eigenvalue weighted by Crippen LogP contribution is -2.42. The van der Waals surface area contributed by atoms with Gasteiger partial charge in [-0.1, -0.05) is 19.9 Å². The standard InChI is InChI=1S/C18H23F3N2O4/c1-11(2)9-14(17(26)27-3)23-16(25)8-7-15(24)22-13-6-4-5-12(10-13)18(19,20)21/h4-6,10-11,14H,7-9H2,1-3H3,(H,22,24)(H,23,25). The number of methoxy groups -OCH3 is 1. The first-order chi connectivity index (χ1) is 12.5. The van der Waals surface area contributed by atoms with Crippen LogP contribution in [0.2, 0.25) is 0 Å². The van der Waals surface area contributed by atoms with E-state index in [9.17, 15) is 27.6 Å². The van der Waals surface area contributed by atoms with Crippen molar-refractivity contribution in [1.82, 2.24) is 5.32 Å². The second kappa shape index (κ2) is 9.94. The molecule has 0 aliphatic rings. The molecule has 1 aromatic rings. The highest BCUT2D eigenvalue weighted by Gasteiger charge is 2.30. The number of hydrogen-bond donors (Lipinski definition) is 2. The van der Waals surface area contributed by atoms with Crippen LogP contribution in [0.1, 0.15) is 38.7 Å². The molecule has 0 radical (unpaired) electrons. The minimum atomic E-state index is -4.51. The van der Waals surface area contributed by atoms with E-state index in [4.69, 9.17) is 0 Å². The van der Waals surface area contributed by atoms with Crippen LogP contribution in [0.25, 0.3) is 0 Å². The van der Waals surface area contributed by atoms with Crippen molar-refractivity contribution in [2.75, 3.05) is 12.4 Å². The molecule has 1 rings (SSSR count). The molecule has 1 aromatic carbocycles. The number of halogens is 3. The van der Waals surface area contributed by atoms with Crippen LogP contribution in [0.15, 0.2) is 24.3 Å². The van der Waals surface area contributed by atoms with Gasteiger partial charge in [0.25, 0.3) is 0 Å². The Labute approximate surface area is 155 Å². The lowest BCUT2D eigenvalue weighted by atomic mass is 10.0. The molecule has 2 amide bonds. The maximum atomic E-state index is 12.7.